The second kappa shape index (κ2) is 6.14. The van der Waals surface area contributed by atoms with Crippen LogP contribution in [0.4, 0.5) is 11.4 Å². The Labute approximate surface area is 140 Å². The molecule has 1 aliphatic rings. The summed E-state index contributed by atoms with van der Waals surface area (Å²) < 4.78 is 0.819. The zero-order chi connectivity index (χ0) is 15.7. The van der Waals surface area contributed by atoms with E-state index in [2.05, 4.69) is 26.6 Å². The Kier molecular flexibility index (Phi) is 4.22. The SMILES string of the molecule is CC1Sc2ccc(C(=O)Nc3ccccc3Br)cc2NC1=O. The summed E-state index contributed by atoms with van der Waals surface area (Å²) in [6.07, 6.45) is 0. The van der Waals surface area contributed by atoms with Gasteiger partial charge in [-0.1, -0.05) is 12.1 Å². The smallest absolute Gasteiger partial charge is 0.255 e. The highest BCUT2D eigenvalue weighted by atomic mass is 79.9. The molecule has 22 heavy (non-hydrogen) atoms. The first-order valence-electron chi connectivity index (χ1n) is 6.72. The molecular weight excluding hydrogens is 364 g/mol. The van der Waals surface area contributed by atoms with E-state index in [1.165, 1.54) is 11.8 Å². The van der Waals surface area contributed by atoms with E-state index in [4.69, 9.17) is 0 Å². The Morgan fingerprint density at radius 2 is 2.05 bits per heavy atom. The van der Waals surface area contributed by atoms with Gasteiger partial charge in [-0.15, -0.1) is 11.8 Å². The molecular formula is C16H13BrN2O2S. The van der Waals surface area contributed by atoms with Crippen LogP contribution in [0.1, 0.15) is 17.3 Å². The van der Waals surface area contributed by atoms with E-state index < -0.39 is 0 Å². The fraction of sp³-hybridized carbons (Fsp3) is 0.125. The molecule has 1 atom stereocenters. The molecule has 0 spiro atoms. The van der Waals surface area contributed by atoms with Gasteiger partial charge in [0.2, 0.25) is 5.91 Å². The molecule has 0 saturated carbocycles. The van der Waals surface area contributed by atoms with Crippen molar-refractivity contribution in [3.63, 3.8) is 0 Å². The minimum absolute atomic E-state index is 0.0409. The molecule has 6 heteroatoms. The number of thioether (sulfide) groups is 1. The molecule has 0 radical (unpaired) electrons. The van der Waals surface area contributed by atoms with E-state index in [1.54, 1.807) is 12.1 Å². The summed E-state index contributed by atoms with van der Waals surface area (Å²) in [5.41, 5.74) is 1.90. The van der Waals surface area contributed by atoms with Crippen LogP contribution in [-0.4, -0.2) is 17.1 Å². The lowest BCUT2D eigenvalue weighted by Crippen LogP contribution is -2.26. The first-order valence-corrected chi connectivity index (χ1v) is 8.39. The van der Waals surface area contributed by atoms with E-state index >= 15 is 0 Å². The Hall–Kier alpha value is -1.79. The highest BCUT2D eigenvalue weighted by Crippen LogP contribution is 2.36. The maximum absolute atomic E-state index is 12.3. The molecule has 2 amide bonds. The Morgan fingerprint density at radius 3 is 2.82 bits per heavy atom. The van der Waals surface area contributed by atoms with Crippen molar-refractivity contribution in [2.75, 3.05) is 10.6 Å². The summed E-state index contributed by atoms with van der Waals surface area (Å²) in [6, 6.07) is 12.8. The molecule has 0 saturated heterocycles. The number of carbonyl (C=O) groups is 2. The molecule has 2 N–H and O–H groups in total. The van der Waals surface area contributed by atoms with Gasteiger partial charge in [0.05, 0.1) is 16.6 Å². The first-order chi connectivity index (χ1) is 10.5. The van der Waals surface area contributed by atoms with Crippen LogP contribution in [0.15, 0.2) is 51.8 Å². The van der Waals surface area contributed by atoms with Crippen molar-refractivity contribution >= 4 is 50.9 Å². The van der Waals surface area contributed by atoms with E-state index in [0.717, 1.165) is 9.37 Å². The number of hydrogen-bond acceptors (Lipinski definition) is 3. The third-order valence-electron chi connectivity index (χ3n) is 3.29. The second-order valence-corrected chi connectivity index (χ2v) is 7.13. The van der Waals surface area contributed by atoms with E-state index in [9.17, 15) is 9.59 Å². The zero-order valence-electron chi connectivity index (χ0n) is 11.7. The topological polar surface area (TPSA) is 58.2 Å². The summed E-state index contributed by atoms with van der Waals surface area (Å²) >= 11 is 4.89. The number of anilines is 2. The fourth-order valence-electron chi connectivity index (χ4n) is 2.11. The van der Waals surface area contributed by atoms with Crippen LogP contribution in [0.2, 0.25) is 0 Å². The average Bonchev–Trinajstić information content (AvgIpc) is 2.50. The van der Waals surface area contributed by atoms with Gasteiger partial charge in [0, 0.05) is 14.9 Å². The number of nitrogens with one attached hydrogen (secondary N) is 2. The Morgan fingerprint density at radius 1 is 1.27 bits per heavy atom. The van der Waals surface area contributed by atoms with Crippen molar-refractivity contribution in [1.82, 2.24) is 0 Å². The van der Waals surface area contributed by atoms with Crippen LogP contribution in [0, 0.1) is 0 Å². The van der Waals surface area contributed by atoms with E-state index in [0.29, 0.717) is 16.9 Å². The fourth-order valence-corrected chi connectivity index (χ4v) is 3.42. The van der Waals surface area contributed by atoms with E-state index in [1.807, 2.05) is 37.3 Å². The standard InChI is InChI=1S/C16H13BrN2O2S/c1-9-15(20)19-13-8-10(6-7-14(13)22-9)16(21)18-12-5-3-2-4-11(12)17/h2-9H,1H3,(H,18,21)(H,19,20). The number of benzene rings is 2. The molecule has 0 aliphatic carbocycles. The number of fused-ring (bicyclic) bond motifs is 1. The lowest BCUT2D eigenvalue weighted by molar-refractivity contribution is -0.115. The predicted molar refractivity (Wildman–Crippen MR) is 92.5 cm³/mol. The van der Waals surface area contributed by atoms with Gasteiger partial charge in [-0.25, -0.2) is 0 Å². The molecule has 1 unspecified atom stereocenters. The highest BCUT2D eigenvalue weighted by molar-refractivity contribution is 9.10. The maximum atomic E-state index is 12.3. The normalized spacial score (nSPS) is 16.6. The van der Waals surface area contributed by atoms with Gasteiger partial charge in [-0.05, 0) is 53.2 Å². The van der Waals surface area contributed by atoms with Gasteiger partial charge >= 0.3 is 0 Å². The summed E-state index contributed by atoms with van der Waals surface area (Å²) in [5.74, 6) is -0.256. The summed E-state index contributed by atoms with van der Waals surface area (Å²) in [7, 11) is 0. The van der Waals surface area contributed by atoms with Crippen molar-refractivity contribution in [3.05, 3.63) is 52.5 Å². The zero-order valence-corrected chi connectivity index (χ0v) is 14.1. The molecule has 0 bridgehead atoms. The molecule has 2 aromatic carbocycles. The number of para-hydroxylation sites is 1. The summed E-state index contributed by atoms with van der Waals surface area (Å²) in [6.45, 7) is 1.86. The van der Waals surface area contributed by atoms with Crippen LogP contribution >= 0.6 is 27.7 Å². The molecule has 0 fully saturated rings. The second-order valence-electron chi connectivity index (χ2n) is 4.89. The molecule has 0 aromatic heterocycles. The quantitative estimate of drug-likeness (QED) is 0.827. The number of rotatable bonds is 2. The molecule has 4 nitrogen and oxygen atoms in total. The van der Waals surface area contributed by atoms with Crippen LogP contribution in [0.5, 0.6) is 0 Å². The van der Waals surface area contributed by atoms with Gasteiger partial charge in [0.1, 0.15) is 0 Å². The Balaban J connectivity index is 1.84. The van der Waals surface area contributed by atoms with Crippen molar-refractivity contribution in [2.45, 2.75) is 17.1 Å². The molecule has 1 aliphatic heterocycles. The minimum atomic E-state index is -0.215. The van der Waals surface area contributed by atoms with Crippen molar-refractivity contribution in [3.8, 4) is 0 Å². The van der Waals surface area contributed by atoms with Crippen LogP contribution in [-0.2, 0) is 4.79 Å². The van der Waals surface area contributed by atoms with Gasteiger partial charge in [0.15, 0.2) is 0 Å². The summed E-state index contributed by atoms with van der Waals surface area (Å²) in [5, 5.41) is 5.56. The summed E-state index contributed by atoms with van der Waals surface area (Å²) in [4.78, 5) is 25.1. The predicted octanol–water partition coefficient (Wildman–Crippen LogP) is 4.13. The van der Waals surface area contributed by atoms with Crippen LogP contribution in [0.3, 0.4) is 0 Å². The number of amides is 2. The number of halogens is 1. The van der Waals surface area contributed by atoms with Crippen molar-refractivity contribution in [2.24, 2.45) is 0 Å². The first kappa shape index (κ1) is 15.1. The minimum Gasteiger partial charge on any atom is -0.324 e. The van der Waals surface area contributed by atoms with Gasteiger partial charge in [0.25, 0.3) is 5.91 Å². The number of hydrogen-bond donors (Lipinski definition) is 2. The molecule has 3 rings (SSSR count). The van der Waals surface area contributed by atoms with E-state index in [-0.39, 0.29) is 17.1 Å². The molecule has 1 heterocycles. The maximum Gasteiger partial charge on any atom is 0.255 e. The lowest BCUT2D eigenvalue weighted by Gasteiger charge is -2.21. The third-order valence-corrected chi connectivity index (χ3v) is 5.16. The van der Waals surface area contributed by atoms with Gasteiger partial charge < -0.3 is 10.6 Å². The monoisotopic (exact) mass is 376 g/mol. The van der Waals surface area contributed by atoms with Crippen LogP contribution in [0.25, 0.3) is 0 Å². The van der Waals surface area contributed by atoms with Crippen LogP contribution < -0.4 is 10.6 Å². The van der Waals surface area contributed by atoms with Gasteiger partial charge in [-0.3, -0.25) is 9.59 Å². The molecule has 2 aromatic rings. The average molecular weight is 377 g/mol. The number of carbonyl (C=O) groups excluding carboxylic acids is 2. The third kappa shape index (κ3) is 3.03. The largest absolute Gasteiger partial charge is 0.324 e. The van der Waals surface area contributed by atoms with Gasteiger partial charge in [-0.2, -0.15) is 0 Å². The Bertz CT molecular complexity index is 764. The van der Waals surface area contributed by atoms with Crippen molar-refractivity contribution < 1.29 is 9.59 Å². The van der Waals surface area contributed by atoms with Crippen molar-refractivity contribution in [1.29, 1.82) is 0 Å². The lowest BCUT2D eigenvalue weighted by atomic mass is 10.1. The molecule has 112 valence electrons. The highest BCUT2D eigenvalue weighted by Gasteiger charge is 2.23.